The molecule has 5 heteroatoms. The van der Waals surface area contributed by atoms with Gasteiger partial charge < -0.3 is 10.1 Å². The van der Waals surface area contributed by atoms with Gasteiger partial charge in [-0.2, -0.15) is 11.3 Å². The molecule has 2 fully saturated rings. The van der Waals surface area contributed by atoms with Gasteiger partial charge in [0, 0.05) is 44.3 Å². The molecule has 1 amide bonds. The maximum atomic E-state index is 12.7. The zero-order valence-corrected chi connectivity index (χ0v) is 14.3. The molecule has 0 aromatic carbocycles. The van der Waals surface area contributed by atoms with Crippen molar-refractivity contribution < 1.29 is 9.53 Å². The van der Waals surface area contributed by atoms with Crippen molar-refractivity contribution in [2.24, 2.45) is 11.3 Å². The standard InChI is InChI=1S/C17H26N2O2S/c1-13(2)18-16(20)15-10-19(9-14-3-8-22-11-14)12-17(15)4-6-21-7-5-17/h3,8,11,13,15H,4-7,9-10,12H2,1-2H3,(H,18,20)/t15-/m1/s1. The molecule has 1 atom stereocenters. The van der Waals surface area contributed by atoms with Gasteiger partial charge in [-0.3, -0.25) is 9.69 Å². The van der Waals surface area contributed by atoms with Gasteiger partial charge in [0.2, 0.25) is 5.91 Å². The topological polar surface area (TPSA) is 41.6 Å². The number of thiophene rings is 1. The van der Waals surface area contributed by atoms with Crippen molar-refractivity contribution in [3.63, 3.8) is 0 Å². The van der Waals surface area contributed by atoms with Crippen LogP contribution in [0.4, 0.5) is 0 Å². The molecule has 122 valence electrons. The van der Waals surface area contributed by atoms with Crippen LogP contribution >= 0.6 is 11.3 Å². The van der Waals surface area contributed by atoms with E-state index < -0.39 is 0 Å². The Labute approximate surface area is 136 Å². The first-order valence-electron chi connectivity index (χ1n) is 8.21. The van der Waals surface area contributed by atoms with Crippen molar-refractivity contribution in [1.29, 1.82) is 0 Å². The molecule has 1 aromatic rings. The molecule has 0 unspecified atom stereocenters. The molecule has 0 bridgehead atoms. The smallest absolute Gasteiger partial charge is 0.225 e. The molecule has 22 heavy (non-hydrogen) atoms. The van der Waals surface area contributed by atoms with E-state index in [1.54, 1.807) is 11.3 Å². The first kappa shape index (κ1) is 16.0. The van der Waals surface area contributed by atoms with Gasteiger partial charge in [-0.05, 0) is 49.1 Å². The second-order valence-corrected chi connectivity index (χ2v) is 7.77. The predicted molar refractivity (Wildman–Crippen MR) is 88.9 cm³/mol. The summed E-state index contributed by atoms with van der Waals surface area (Å²) in [6.45, 7) is 8.49. The highest BCUT2D eigenvalue weighted by atomic mass is 32.1. The van der Waals surface area contributed by atoms with Gasteiger partial charge in [0.15, 0.2) is 0 Å². The van der Waals surface area contributed by atoms with Gasteiger partial charge in [0.25, 0.3) is 0 Å². The maximum Gasteiger partial charge on any atom is 0.225 e. The average molecular weight is 322 g/mol. The van der Waals surface area contributed by atoms with Crippen molar-refractivity contribution in [1.82, 2.24) is 10.2 Å². The molecule has 1 aromatic heterocycles. The number of nitrogens with one attached hydrogen (secondary N) is 1. The molecule has 2 saturated heterocycles. The summed E-state index contributed by atoms with van der Waals surface area (Å²) in [7, 11) is 0. The third-order valence-electron chi connectivity index (χ3n) is 4.94. The number of carbonyl (C=O) groups is 1. The third-order valence-corrected chi connectivity index (χ3v) is 5.67. The van der Waals surface area contributed by atoms with E-state index in [0.29, 0.717) is 0 Å². The quantitative estimate of drug-likeness (QED) is 0.926. The molecular formula is C17H26N2O2S. The van der Waals surface area contributed by atoms with Gasteiger partial charge in [-0.1, -0.05) is 0 Å². The van der Waals surface area contributed by atoms with Crippen molar-refractivity contribution in [3.8, 4) is 0 Å². The van der Waals surface area contributed by atoms with Crippen LogP contribution in [0.25, 0.3) is 0 Å². The first-order valence-corrected chi connectivity index (χ1v) is 9.15. The predicted octanol–water partition coefficient (Wildman–Crippen LogP) is 2.50. The van der Waals surface area contributed by atoms with E-state index in [-0.39, 0.29) is 23.3 Å². The highest BCUT2D eigenvalue weighted by Gasteiger charge is 2.50. The molecule has 3 heterocycles. The molecular weight excluding hydrogens is 296 g/mol. The Morgan fingerprint density at radius 1 is 1.50 bits per heavy atom. The number of nitrogens with zero attached hydrogens (tertiary/aromatic N) is 1. The van der Waals surface area contributed by atoms with E-state index in [9.17, 15) is 4.79 Å². The van der Waals surface area contributed by atoms with Gasteiger partial charge in [0.05, 0.1) is 5.92 Å². The van der Waals surface area contributed by atoms with Crippen LogP contribution in [-0.4, -0.2) is 43.2 Å². The molecule has 2 aliphatic rings. The number of hydrogen-bond donors (Lipinski definition) is 1. The molecule has 0 aliphatic carbocycles. The van der Waals surface area contributed by atoms with Crippen LogP contribution in [-0.2, 0) is 16.1 Å². The second-order valence-electron chi connectivity index (χ2n) is 6.99. The molecule has 1 spiro atoms. The lowest BCUT2D eigenvalue weighted by Gasteiger charge is -2.37. The monoisotopic (exact) mass is 322 g/mol. The summed E-state index contributed by atoms with van der Waals surface area (Å²) in [4.78, 5) is 15.2. The van der Waals surface area contributed by atoms with Crippen LogP contribution in [0.1, 0.15) is 32.3 Å². The largest absolute Gasteiger partial charge is 0.381 e. The normalized spacial score (nSPS) is 25.0. The Kier molecular flexibility index (Phi) is 4.85. The van der Waals surface area contributed by atoms with Crippen molar-refractivity contribution in [2.75, 3.05) is 26.3 Å². The summed E-state index contributed by atoms with van der Waals surface area (Å²) in [5.74, 6) is 0.321. The van der Waals surface area contributed by atoms with Crippen molar-refractivity contribution in [3.05, 3.63) is 22.4 Å². The lowest BCUT2D eigenvalue weighted by atomic mass is 9.71. The number of carbonyl (C=O) groups excluding carboxylic acids is 1. The number of hydrogen-bond acceptors (Lipinski definition) is 4. The Hall–Kier alpha value is -0.910. The Morgan fingerprint density at radius 2 is 2.27 bits per heavy atom. The molecule has 1 N–H and O–H groups in total. The third kappa shape index (κ3) is 3.36. The van der Waals surface area contributed by atoms with Crippen LogP contribution in [0, 0.1) is 11.3 Å². The van der Waals surface area contributed by atoms with Crippen LogP contribution in [0.2, 0.25) is 0 Å². The van der Waals surface area contributed by atoms with E-state index in [1.165, 1.54) is 5.56 Å². The van der Waals surface area contributed by atoms with Crippen LogP contribution in [0.5, 0.6) is 0 Å². The van der Waals surface area contributed by atoms with Crippen LogP contribution in [0.3, 0.4) is 0 Å². The summed E-state index contributed by atoms with van der Waals surface area (Å²) >= 11 is 1.74. The van der Waals surface area contributed by atoms with Crippen LogP contribution < -0.4 is 5.32 Å². The highest BCUT2D eigenvalue weighted by Crippen LogP contribution is 2.44. The van der Waals surface area contributed by atoms with E-state index in [0.717, 1.165) is 45.7 Å². The maximum absolute atomic E-state index is 12.7. The first-order chi connectivity index (χ1) is 10.6. The highest BCUT2D eigenvalue weighted by molar-refractivity contribution is 7.07. The molecule has 4 nitrogen and oxygen atoms in total. The number of ether oxygens (including phenoxy) is 1. The lowest BCUT2D eigenvalue weighted by molar-refractivity contribution is -0.130. The number of likely N-dealkylation sites (tertiary alicyclic amines) is 1. The van der Waals surface area contributed by atoms with E-state index in [2.05, 4.69) is 27.0 Å². The minimum atomic E-state index is 0.0948. The molecule has 0 radical (unpaired) electrons. The minimum Gasteiger partial charge on any atom is -0.381 e. The van der Waals surface area contributed by atoms with Gasteiger partial charge in [0.1, 0.15) is 0 Å². The summed E-state index contributed by atoms with van der Waals surface area (Å²) in [6.07, 6.45) is 2.01. The van der Waals surface area contributed by atoms with Crippen molar-refractivity contribution >= 4 is 17.2 Å². The summed E-state index contributed by atoms with van der Waals surface area (Å²) in [5, 5.41) is 7.46. The molecule has 2 aliphatic heterocycles. The van der Waals surface area contributed by atoms with E-state index in [4.69, 9.17) is 4.74 Å². The summed E-state index contributed by atoms with van der Waals surface area (Å²) < 4.78 is 5.56. The molecule has 3 rings (SSSR count). The van der Waals surface area contributed by atoms with Gasteiger partial charge in [-0.15, -0.1) is 0 Å². The Balaban J connectivity index is 1.74. The average Bonchev–Trinajstić information content (AvgIpc) is 3.08. The van der Waals surface area contributed by atoms with E-state index in [1.807, 2.05) is 13.8 Å². The number of rotatable bonds is 4. The van der Waals surface area contributed by atoms with Gasteiger partial charge >= 0.3 is 0 Å². The SMILES string of the molecule is CC(C)NC(=O)[C@H]1CN(Cc2ccsc2)CC12CCOCC2. The fourth-order valence-electron chi connectivity index (χ4n) is 3.86. The van der Waals surface area contributed by atoms with Gasteiger partial charge in [-0.25, -0.2) is 0 Å². The second kappa shape index (κ2) is 6.69. The zero-order valence-electron chi connectivity index (χ0n) is 13.5. The molecule has 0 saturated carbocycles. The summed E-state index contributed by atoms with van der Waals surface area (Å²) in [6, 6.07) is 2.39. The van der Waals surface area contributed by atoms with Crippen molar-refractivity contribution in [2.45, 2.75) is 39.3 Å². The van der Waals surface area contributed by atoms with E-state index >= 15 is 0 Å². The fraction of sp³-hybridized carbons (Fsp3) is 0.706. The fourth-order valence-corrected chi connectivity index (χ4v) is 4.52. The lowest BCUT2D eigenvalue weighted by Crippen LogP contribution is -2.46. The zero-order chi connectivity index (χ0) is 15.6. The summed E-state index contributed by atoms with van der Waals surface area (Å²) in [5.41, 5.74) is 1.46. The van der Waals surface area contributed by atoms with Crippen LogP contribution in [0.15, 0.2) is 16.8 Å². The minimum absolute atomic E-state index is 0.0948. The Bertz CT molecular complexity index is 495. The number of amides is 1. The Morgan fingerprint density at radius 3 is 2.91 bits per heavy atom.